The lowest BCUT2D eigenvalue weighted by molar-refractivity contribution is 0.346. The van der Waals surface area contributed by atoms with Crippen LogP contribution in [0.2, 0.25) is 5.02 Å². The molecule has 1 aromatic carbocycles. The molecule has 0 aliphatic carbocycles. The van der Waals surface area contributed by atoms with Crippen molar-refractivity contribution in [3.8, 4) is 17.1 Å². The minimum absolute atomic E-state index is 0.188. The number of benzene rings is 1. The first-order valence-electron chi connectivity index (χ1n) is 6.22. The molecule has 0 N–H and O–H groups in total. The second kappa shape index (κ2) is 7.01. The summed E-state index contributed by atoms with van der Waals surface area (Å²) in [7, 11) is 0. The molecule has 0 aliphatic heterocycles. The maximum atomic E-state index is 12.5. The highest BCUT2D eigenvalue weighted by atomic mass is 35.5. The van der Waals surface area contributed by atoms with E-state index in [0.29, 0.717) is 34.9 Å². The van der Waals surface area contributed by atoms with Gasteiger partial charge in [-0.25, -0.2) is 14.4 Å². The Morgan fingerprint density at radius 2 is 2.10 bits per heavy atom. The number of hydrogen-bond acceptors (Lipinski definition) is 3. The third-order valence-electron chi connectivity index (χ3n) is 2.78. The third-order valence-corrected chi connectivity index (χ3v) is 3.07. The van der Waals surface area contributed by atoms with E-state index in [1.165, 1.54) is 0 Å². The molecule has 0 unspecified atom stereocenters. The van der Waals surface area contributed by atoms with E-state index in [2.05, 4.69) is 9.97 Å². The van der Waals surface area contributed by atoms with Crippen molar-refractivity contribution < 1.29 is 9.13 Å². The molecule has 1 aromatic heterocycles. The maximum absolute atomic E-state index is 12.5. The zero-order valence-corrected chi connectivity index (χ0v) is 11.8. The largest absolute Gasteiger partial charge is 0.488 e. The summed E-state index contributed by atoms with van der Waals surface area (Å²) < 4.78 is 17.9. The van der Waals surface area contributed by atoms with Gasteiger partial charge in [0.05, 0.1) is 11.4 Å². The van der Waals surface area contributed by atoms with E-state index in [4.69, 9.17) is 16.3 Å². The van der Waals surface area contributed by atoms with Crippen LogP contribution in [0.5, 0.6) is 5.75 Å². The predicted molar refractivity (Wildman–Crippen MR) is 77.5 cm³/mol. The van der Waals surface area contributed by atoms with E-state index >= 15 is 0 Å². The molecule has 0 radical (unpaired) electrons. The van der Waals surface area contributed by atoms with Crippen molar-refractivity contribution in [1.29, 1.82) is 0 Å². The van der Waals surface area contributed by atoms with Gasteiger partial charge < -0.3 is 4.74 Å². The van der Waals surface area contributed by atoms with Gasteiger partial charge in [-0.05, 0) is 36.3 Å². The van der Waals surface area contributed by atoms with Crippen LogP contribution in [0.3, 0.4) is 0 Å². The van der Waals surface area contributed by atoms with Crippen molar-refractivity contribution in [2.75, 3.05) is 6.61 Å². The summed E-state index contributed by atoms with van der Waals surface area (Å²) in [5, 5.41) is 0.448. The fourth-order valence-electron chi connectivity index (χ4n) is 1.59. The molecule has 0 saturated heterocycles. The highest BCUT2D eigenvalue weighted by Crippen LogP contribution is 2.29. The van der Waals surface area contributed by atoms with Crippen LogP contribution in [-0.4, -0.2) is 16.6 Å². The van der Waals surface area contributed by atoms with Gasteiger partial charge in [0.1, 0.15) is 12.4 Å². The Kier molecular flexibility index (Phi) is 5.07. The van der Waals surface area contributed by atoms with Crippen LogP contribution in [0.25, 0.3) is 11.4 Å². The molecule has 1 heterocycles. The van der Waals surface area contributed by atoms with Gasteiger partial charge in [0.25, 0.3) is 0 Å². The lowest BCUT2D eigenvalue weighted by Crippen LogP contribution is -2.00. The molecule has 104 valence electrons. The highest BCUT2D eigenvalue weighted by Gasteiger charge is 2.07. The summed E-state index contributed by atoms with van der Waals surface area (Å²) in [6.07, 6.45) is 4.50. The second-order valence-corrected chi connectivity index (χ2v) is 4.53. The molecule has 2 rings (SSSR count). The molecule has 0 atom stereocenters. The van der Waals surface area contributed by atoms with Crippen LogP contribution in [-0.2, 0) is 0 Å². The zero-order chi connectivity index (χ0) is 14.4. The number of ether oxygens (including phenoxy) is 1. The van der Waals surface area contributed by atoms with Crippen molar-refractivity contribution >= 4 is 11.6 Å². The van der Waals surface area contributed by atoms with Gasteiger partial charge in [0.2, 0.25) is 0 Å². The maximum Gasteiger partial charge on any atom is 0.159 e. The van der Waals surface area contributed by atoms with Crippen molar-refractivity contribution in [3.63, 3.8) is 0 Å². The molecule has 0 amide bonds. The van der Waals surface area contributed by atoms with Crippen molar-refractivity contribution in [2.24, 2.45) is 0 Å². The van der Waals surface area contributed by atoms with Gasteiger partial charge in [0, 0.05) is 18.0 Å². The first-order valence-corrected chi connectivity index (χ1v) is 6.60. The molecule has 2 aromatic rings. The quantitative estimate of drug-likeness (QED) is 0.817. The molecular weight excluding hydrogens is 279 g/mol. The standard InChI is InChI=1S/C15H14ClFN2O/c1-2-11(9-17)10-20-14-5-4-12(8-13(14)16)15-18-6-3-7-19-15/h3-9H,2,10H2,1H3. The van der Waals surface area contributed by atoms with E-state index in [0.717, 1.165) is 5.56 Å². The number of halogens is 2. The number of hydrogen-bond donors (Lipinski definition) is 0. The molecule has 0 bridgehead atoms. The van der Waals surface area contributed by atoms with Gasteiger partial charge in [-0.2, -0.15) is 0 Å². The Morgan fingerprint density at radius 1 is 1.35 bits per heavy atom. The average Bonchev–Trinajstić information content (AvgIpc) is 2.50. The lowest BCUT2D eigenvalue weighted by Gasteiger charge is -2.10. The number of aromatic nitrogens is 2. The Labute approximate surface area is 122 Å². The second-order valence-electron chi connectivity index (χ2n) is 4.13. The van der Waals surface area contributed by atoms with Gasteiger partial charge in [0.15, 0.2) is 5.82 Å². The van der Waals surface area contributed by atoms with Crippen molar-refractivity contribution in [3.05, 3.63) is 53.6 Å². The normalized spacial score (nSPS) is 11.4. The summed E-state index contributed by atoms with van der Waals surface area (Å²) in [6.45, 7) is 2.06. The van der Waals surface area contributed by atoms with Gasteiger partial charge in [-0.3, -0.25) is 0 Å². The molecular formula is C15H14ClFN2O. The fraction of sp³-hybridized carbons (Fsp3) is 0.200. The summed E-state index contributed by atoms with van der Waals surface area (Å²) in [5.41, 5.74) is 1.39. The molecule has 20 heavy (non-hydrogen) atoms. The lowest BCUT2D eigenvalue weighted by atomic mass is 10.2. The third kappa shape index (κ3) is 3.54. The van der Waals surface area contributed by atoms with E-state index in [9.17, 15) is 4.39 Å². The predicted octanol–water partition coefficient (Wildman–Crippen LogP) is 4.44. The van der Waals surface area contributed by atoms with Crippen LogP contribution in [0, 0.1) is 0 Å². The SMILES string of the molecule is CCC(=CF)COc1ccc(-c2ncccn2)cc1Cl. The first kappa shape index (κ1) is 14.5. The molecule has 0 fully saturated rings. The first-order chi connectivity index (χ1) is 9.74. The summed E-state index contributed by atoms with van der Waals surface area (Å²) in [4.78, 5) is 8.30. The van der Waals surface area contributed by atoms with Crippen LogP contribution < -0.4 is 4.74 Å². The zero-order valence-electron chi connectivity index (χ0n) is 11.0. The Hall–Kier alpha value is -1.94. The van der Waals surface area contributed by atoms with E-state index in [1.807, 2.05) is 13.0 Å². The van der Waals surface area contributed by atoms with Crippen LogP contribution in [0.4, 0.5) is 4.39 Å². The average molecular weight is 293 g/mol. The molecule has 5 heteroatoms. The summed E-state index contributed by atoms with van der Waals surface area (Å²) >= 11 is 6.16. The summed E-state index contributed by atoms with van der Waals surface area (Å²) in [6, 6.07) is 7.04. The molecule has 0 aliphatic rings. The fourth-order valence-corrected chi connectivity index (χ4v) is 1.82. The van der Waals surface area contributed by atoms with E-state index in [1.54, 1.807) is 30.6 Å². The number of nitrogens with zero attached hydrogens (tertiary/aromatic N) is 2. The van der Waals surface area contributed by atoms with E-state index < -0.39 is 0 Å². The molecule has 3 nitrogen and oxygen atoms in total. The van der Waals surface area contributed by atoms with Crippen molar-refractivity contribution in [2.45, 2.75) is 13.3 Å². The molecule has 0 spiro atoms. The van der Waals surface area contributed by atoms with Crippen LogP contribution in [0.1, 0.15) is 13.3 Å². The van der Waals surface area contributed by atoms with Crippen molar-refractivity contribution in [1.82, 2.24) is 9.97 Å². The van der Waals surface area contributed by atoms with Gasteiger partial charge >= 0.3 is 0 Å². The Bertz CT molecular complexity index is 602. The Morgan fingerprint density at radius 3 is 2.70 bits per heavy atom. The number of rotatable bonds is 5. The monoisotopic (exact) mass is 292 g/mol. The minimum atomic E-state index is 0.188. The van der Waals surface area contributed by atoms with Gasteiger partial charge in [-0.15, -0.1) is 0 Å². The Balaban J connectivity index is 2.14. The molecule has 0 saturated carbocycles. The van der Waals surface area contributed by atoms with Crippen LogP contribution >= 0.6 is 11.6 Å². The minimum Gasteiger partial charge on any atom is -0.488 e. The van der Waals surface area contributed by atoms with Crippen LogP contribution in [0.15, 0.2) is 48.6 Å². The summed E-state index contributed by atoms with van der Waals surface area (Å²) in [5.74, 6) is 1.11. The smallest absolute Gasteiger partial charge is 0.159 e. The van der Waals surface area contributed by atoms with E-state index in [-0.39, 0.29) is 6.61 Å². The van der Waals surface area contributed by atoms with Gasteiger partial charge in [-0.1, -0.05) is 18.5 Å². The highest BCUT2D eigenvalue weighted by molar-refractivity contribution is 6.32. The topological polar surface area (TPSA) is 35.0 Å².